The summed E-state index contributed by atoms with van der Waals surface area (Å²) >= 11 is 5.90. The van der Waals surface area contributed by atoms with E-state index in [0.29, 0.717) is 17.9 Å². The number of hydrogen-bond acceptors (Lipinski definition) is 1. The minimum Gasteiger partial charge on any atom is -0.478 e. The highest BCUT2D eigenvalue weighted by Crippen LogP contribution is 2.19. The van der Waals surface area contributed by atoms with Crippen molar-refractivity contribution in [1.29, 1.82) is 0 Å². The molecule has 0 aliphatic heterocycles. The van der Waals surface area contributed by atoms with E-state index in [1.165, 1.54) is 5.56 Å². The van der Waals surface area contributed by atoms with Gasteiger partial charge in [0.05, 0.1) is 5.56 Å². The molecule has 0 atom stereocenters. The largest absolute Gasteiger partial charge is 0.478 e. The molecule has 0 aliphatic rings. The molecule has 0 spiro atoms. The first-order valence-corrected chi connectivity index (χ1v) is 6.69. The highest BCUT2D eigenvalue weighted by Gasteiger charge is 2.13. The number of carboxylic acid groups (broad SMARTS) is 1. The topological polar surface area (TPSA) is 37.3 Å². The number of halogens is 1. The van der Waals surface area contributed by atoms with E-state index in [-0.39, 0.29) is 0 Å². The van der Waals surface area contributed by atoms with E-state index in [2.05, 4.69) is 0 Å². The highest BCUT2D eigenvalue weighted by atomic mass is 35.5. The summed E-state index contributed by atoms with van der Waals surface area (Å²) in [6.07, 6.45) is 1.50. The maximum Gasteiger partial charge on any atom is 0.335 e. The zero-order valence-corrected chi connectivity index (χ0v) is 11.2. The molecule has 0 saturated heterocycles. The van der Waals surface area contributed by atoms with Crippen LogP contribution in [0.3, 0.4) is 0 Å². The predicted octanol–water partition coefficient (Wildman–Crippen LogP) is 3.91. The fourth-order valence-corrected chi connectivity index (χ4v) is 2.42. The van der Waals surface area contributed by atoms with Crippen LogP contribution >= 0.6 is 11.6 Å². The zero-order valence-electron chi connectivity index (χ0n) is 10.5. The van der Waals surface area contributed by atoms with Crippen LogP contribution in [0.15, 0.2) is 48.5 Å². The molecule has 98 valence electrons. The first kappa shape index (κ1) is 13.6. The number of aromatic carboxylic acids is 1. The Hall–Kier alpha value is -1.80. The SMILES string of the molecule is O=C(O)c1cccc(CCl)c1CCc1ccccc1. The molecule has 0 amide bonds. The average Bonchev–Trinajstić information content (AvgIpc) is 2.45. The van der Waals surface area contributed by atoms with Crippen molar-refractivity contribution in [2.45, 2.75) is 18.7 Å². The number of alkyl halides is 1. The second-order valence-electron chi connectivity index (χ2n) is 4.37. The van der Waals surface area contributed by atoms with Gasteiger partial charge >= 0.3 is 5.97 Å². The molecule has 0 radical (unpaired) electrons. The lowest BCUT2D eigenvalue weighted by molar-refractivity contribution is 0.0695. The lowest BCUT2D eigenvalue weighted by Crippen LogP contribution is -2.06. The van der Waals surface area contributed by atoms with Crippen molar-refractivity contribution < 1.29 is 9.90 Å². The summed E-state index contributed by atoms with van der Waals surface area (Å²) in [7, 11) is 0. The van der Waals surface area contributed by atoms with E-state index in [1.54, 1.807) is 12.1 Å². The Kier molecular flexibility index (Phi) is 4.58. The van der Waals surface area contributed by atoms with Gasteiger partial charge in [-0.05, 0) is 35.6 Å². The zero-order chi connectivity index (χ0) is 13.7. The predicted molar refractivity (Wildman–Crippen MR) is 76.8 cm³/mol. The molecule has 0 aliphatic carbocycles. The molecule has 0 aromatic heterocycles. The molecule has 19 heavy (non-hydrogen) atoms. The van der Waals surface area contributed by atoms with Gasteiger partial charge in [0.2, 0.25) is 0 Å². The minimum atomic E-state index is -0.893. The molecule has 0 unspecified atom stereocenters. The van der Waals surface area contributed by atoms with Gasteiger partial charge < -0.3 is 5.11 Å². The van der Waals surface area contributed by atoms with Crippen LogP contribution in [0.25, 0.3) is 0 Å². The molecule has 0 bridgehead atoms. The lowest BCUT2D eigenvalue weighted by atomic mass is 9.95. The van der Waals surface area contributed by atoms with Crippen LogP contribution in [0.1, 0.15) is 27.0 Å². The van der Waals surface area contributed by atoms with Gasteiger partial charge in [-0.15, -0.1) is 11.6 Å². The van der Waals surface area contributed by atoms with Crippen molar-refractivity contribution in [3.05, 3.63) is 70.8 Å². The smallest absolute Gasteiger partial charge is 0.335 e. The van der Waals surface area contributed by atoms with E-state index in [4.69, 9.17) is 11.6 Å². The fourth-order valence-electron chi connectivity index (χ4n) is 2.17. The van der Waals surface area contributed by atoms with E-state index >= 15 is 0 Å². The Morgan fingerprint density at radius 2 is 1.74 bits per heavy atom. The van der Waals surface area contributed by atoms with Gasteiger partial charge in [0, 0.05) is 5.88 Å². The van der Waals surface area contributed by atoms with Gasteiger partial charge in [-0.3, -0.25) is 0 Å². The van der Waals surface area contributed by atoms with Gasteiger partial charge in [0.1, 0.15) is 0 Å². The van der Waals surface area contributed by atoms with Crippen LogP contribution in [0, 0.1) is 0 Å². The second-order valence-corrected chi connectivity index (χ2v) is 4.63. The number of benzene rings is 2. The van der Waals surface area contributed by atoms with Crippen LogP contribution < -0.4 is 0 Å². The van der Waals surface area contributed by atoms with Crippen LogP contribution in [-0.4, -0.2) is 11.1 Å². The van der Waals surface area contributed by atoms with E-state index < -0.39 is 5.97 Å². The maximum atomic E-state index is 11.3. The second kappa shape index (κ2) is 6.39. The van der Waals surface area contributed by atoms with E-state index in [9.17, 15) is 9.90 Å². The molecular weight excluding hydrogens is 260 g/mol. The molecule has 1 N–H and O–H groups in total. The van der Waals surface area contributed by atoms with Crippen molar-refractivity contribution >= 4 is 17.6 Å². The molecule has 0 saturated carbocycles. The number of rotatable bonds is 5. The summed E-state index contributed by atoms with van der Waals surface area (Å²) in [4.78, 5) is 11.3. The number of carbonyl (C=O) groups is 1. The summed E-state index contributed by atoms with van der Waals surface area (Å²) in [5.74, 6) is -0.555. The minimum absolute atomic E-state index is 0.339. The van der Waals surface area contributed by atoms with Gasteiger partial charge in [-0.2, -0.15) is 0 Å². The summed E-state index contributed by atoms with van der Waals surface area (Å²) in [5.41, 5.74) is 3.30. The normalized spacial score (nSPS) is 10.4. The maximum absolute atomic E-state index is 11.3. The Morgan fingerprint density at radius 1 is 1.00 bits per heavy atom. The molecule has 2 aromatic carbocycles. The quantitative estimate of drug-likeness (QED) is 0.840. The number of carboxylic acids is 1. The Morgan fingerprint density at radius 3 is 2.37 bits per heavy atom. The van der Waals surface area contributed by atoms with Crippen molar-refractivity contribution in [3.8, 4) is 0 Å². The Bertz CT molecular complexity index is 564. The van der Waals surface area contributed by atoms with Gasteiger partial charge in [-0.25, -0.2) is 4.79 Å². The third-order valence-electron chi connectivity index (χ3n) is 3.15. The first-order chi connectivity index (χ1) is 9.22. The molecule has 3 heteroatoms. The lowest BCUT2D eigenvalue weighted by Gasteiger charge is -2.11. The van der Waals surface area contributed by atoms with Crippen molar-refractivity contribution in [3.63, 3.8) is 0 Å². The van der Waals surface area contributed by atoms with Crippen molar-refractivity contribution in [2.24, 2.45) is 0 Å². The van der Waals surface area contributed by atoms with Crippen LogP contribution in [-0.2, 0) is 18.7 Å². The summed E-state index contributed by atoms with van der Waals surface area (Å²) in [5, 5.41) is 9.24. The average molecular weight is 275 g/mol. The monoisotopic (exact) mass is 274 g/mol. The summed E-state index contributed by atoms with van der Waals surface area (Å²) in [6.45, 7) is 0. The van der Waals surface area contributed by atoms with E-state index in [1.807, 2.05) is 36.4 Å². The van der Waals surface area contributed by atoms with Crippen molar-refractivity contribution in [2.75, 3.05) is 0 Å². The first-order valence-electron chi connectivity index (χ1n) is 6.16. The fraction of sp³-hybridized carbons (Fsp3) is 0.188. The standard InChI is InChI=1S/C16H15ClO2/c17-11-13-7-4-8-15(16(18)19)14(13)10-9-12-5-2-1-3-6-12/h1-8H,9-11H2,(H,18,19). The van der Waals surface area contributed by atoms with Crippen LogP contribution in [0.2, 0.25) is 0 Å². The van der Waals surface area contributed by atoms with Gasteiger partial charge in [-0.1, -0.05) is 42.5 Å². The summed E-state index contributed by atoms with van der Waals surface area (Å²) < 4.78 is 0. The summed E-state index contributed by atoms with van der Waals surface area (Å²) in [6, 6.07) is 15.3. The Balaban J connectivity index is 2.25. The number of hydrogen-bond donors (Lipinski definition) is 1. The molecule has 2 aromatic rings. The molecule has 2 rings (SSSR count). The third-order valence-corrected chi connectivity index (χ3v) is 3.44. The molecule has 2 nitrogen and oxygen atoms in total. The molecule has 0 fully saturated rings. The van der Waals surface area contributed by atoms with Crippen LogP contribution in [0.5, 0.6) is 0 Å². The van der Waals surface area contributed by atoms with E-state index in [0.717, 1.165) is 17.5 Å². The van der Waals surface area contributed by atoms with Gasteiger partial charge in [0.15, 0.2) is 0 Å². The Labute approximate surface area is 117 Å². The van der Waals surface area contributed by atoms with Crippen LogP contribution in [0.4, 0.5) is 0 Å². The molecular formula is C16H15ClO2. The molecule has 0 heterocycles. The van der Waals surface area contributed by atoms with Crippen molar-refractivity contribution in [1.82, 2.24) is 0 Å². The highest BCUT2D eigenvalue weighted by molar-refractivity contribution is 6.17. The third kappa shape index (κ3) is 3.36. The number of aryl methyl sites for hydroxylation is 1. The van der Waals surface area contributed by atoms with Gasteiger partial charge in [0.25, 0.3) is 0 Å².